The quantitative estimate of drug-likeness (QED) is 0.686. The first kappa shape index (κ1) is 9.27. The fourth-order valence-corrected chi connectivity index (χ4v) is 2.20. The van der Waals surface area contributed by atoms with Gasteiger partial charge in [-0.25, -0.2) is 0 Å². The van der Waals surface area contributed by atoms with Gasteiger partial charge in [-0.05, 0) is 18.6 Å². The van der Waals surface area contributed by atoms with Crippen LogP contribution >= 0.6 is 0 Å². The van der Waals surface area contributed by atoms with E-state index in [1.54, 1.807) is 0 Å². The third-order valence-electron chi connectivity index (χ3n) is 3.11. The van der Waals surface area contributed by atoms with Crippen molar-refractivity contribution < 1.29 is 14.3 Å². The van der Waals surface area contributed by atoms with Gasteiger partial charge in [0.05, 0.1) is 11.2 Å². The Labute approximate surface area is 92.4 Å². The molecule has 0 fully saturated rings. The van der Waals surface area contributed by atoms with Crippen molar-refractivity contribution in [2.75, 3.05) is 6.79 Å². The molecule has 1 aliphatic rings. The number of aldehydes is 1. The zero-order valence-corrected chi connectivity index (χ0v) is 9.11. The third kappa shape index (κ3) is 1.01. The number of aryl methyl sites for hydroxylation is 2. The summed E-state index contributed by atoms with van der Waals surface area (Å²) in [6.45, 7) is 2.21. The van der Waals surface area contributed by atoms with E-state index in [0.717, 1.165) is 34.3 Å². The van der Waals surface area contributed by atoms with Crippen molar-refractivity contribution in [3.63, 3.8) is 0 Å². The SMILES string of the molecule is Cc1c(C=O)n(C)c2cc3c(cc12)OCO3. The summed E-state index contributed by atoms with van der Waals surface area (Å²) in [5.74, 6) is 1.49. The summed E-state index contributed by atoms with van der Waals surface area (Å²) in [7, 11) is 1.88. The Kier molecular flexibility index (Phi) is 1.74. The molecule has 0 radical (unpaired) electrons. The van der Waals surface area contributed by atoms with Gasteiger partial charge in [0.2, 0.25) is 6.79 Å². The number of benzene rings is 1. The van der Waals surface area contributed by atoms with Gasteiger partial charge in [0.1, 0.15) is 0 Å². The van der Waals surface area contributed by atoms with Crippen LogP contribution in [0.2, 0.25) is 0 Å². The van der Waals surface area contributed by atoms with Gasteiger partial charge in [0, 0.05) is 18.5 Å². The van der Waals surface area contributed by atoms with E-state index >= 15 is 0 Å². The maximum Gasteiger partial charge on any atom is 0.231 e. The lowest BCUT2D eigenvalue weighted by molar-refractivity contribution is 0.111. The van der Waals surface area contributed by atoms with Crippen LogP contribution in [0.1, 0.15) is 16.1 Å². The summed E-state index contributed by atoms with van der Waals surface area (Å²) in [5.41, 5.74) is 2.66. The highest BCUT2D eigenvalue weighted by atomic mass is 16.7. The normalized spacial score (nSPS) is 13.4. The van der Waals surface area contributed by atoms with Gasteiger partial charge in [0.15, 0.2) is 17.8 Å². The molecular weight excluding hydrogens is 206 g/mol. The van der Waals surface area contributed by atoms with E-state index in [4.69, 9.17) is 9.47 Å². The number of hydrogen-bond donors (Lipinski definition) is 0. The first-order chi connectivity index (χ1) is 7.72. The monoisotopic (exact) mass is 217 g/mol. The average molecular weight is 217 g/mol. The zero-order chi connectivity index (χ0) is 11.3. The number of nitrogens with zero attached hydrogens (tertiary/aromatic N) is 1. The zero-order valence-electron chi connectivity index (χ0n) is 9.11. The van der Waals surface area contributed by atoms with Crippen molar-refractivity contribution in [3.8, 4) is 11.5 Å². The maximum atomic E-state index is 11.0. The molecule has 1 aromatic carbocycles. The Bertz CT molecular complexity index is 551. The van der Waals surface area contributed by atoms with Gasteiger partial charge in [0.25, 0.3) is 0 Å². The highest BCUT2D eigenvalue weighted by molar-refractivity contribution is 5.94. The number of fused-ring (bicyclic) bond motifs is 2. The Balaban J connectivity index is 2.41. The van der Waals surface area contributed by atoms with Crippen LogP contribution in [-0.2, 0) is 7.05 Å². The molecule has 0 spiro atoms. The minimum atomic E-state index is 0.269. The number of hydrogen-bond acceptors (Lipinski definition) is 3. The molecule has 3 rings (SSSR count). The van der Waals surface area contributed by atoms with Gasteiger partial charge in [-0.15, -0.1) is 0 Å². The number of rotatable bonds is 1. The lowest BCUT2D eigenvalue weighted by Gasteiger charge is -1.99. The van der Waals surface area contributed by atoms with Crippen LogP contribution in [0.25, 0.3) is 10.9 Å². The van der Waals surface area contributed by atoms with E-state index in [0.29, 0.717) is 5.69 Å². The lowest BCUT2D eigenvalue weighted by Crippen LogP contribution is -1.95. The van der Waals surface area contributed by atoms with Crippen LogP contribution in [0, 0.1) is 6.92 Å². The first-order valence-electron chi connectivity index (χ1n) is 5.06. The van der Waals surface area contributed by atoms with Crippen LogP contribution in [0.4, 0.5) is 0 Å². The highest BCUT2D eigenvalue weighted by Gasteiger charge is 2.19. The minimum Gasteiger partial charge on any atom is -0.454 e. The molecule has 1 aromatic heterocycles. The average Bonchev–Trinajstić information content (AvgIpc) is 2.82. The second-order valence-electron chi connectivity index (χ2n) is 3.91. The van der Waals surface area contributed by atoms with Crippen molar-refractivity contribution in [2.24, 2.45) is 7.05 Å². The molecular formula is C12H11NO3. The van der Waals surface area contributed by atoms with Gasteiger partial charge in [-0.1, -0.05) is 0 Å². The molecule has 0 amide bonds. The maximum absolute atomic E-state index is 11.0. The van der Waals surface area contributed by atoms with Crippen molar-refractivity contribution in [1.82, 2.24) is 4.57 Å². The van der Waals surface area contributed by atoms with Gasteiger partial charge >= 0.3 is 0 Å². The van der Waals surface area contributed by atoms with Gasteiger partial charge in [-0.3, -0.25) is 4.79 Å². The summed E-state index contributed by atoms with van der Waals surface area (Å²) in [5, 5.41) is 1.04. The Morgan fingerprint density at radius 1 is 1.31 bits per heavy atom. The molecule has 4 heteroatoms. The van der Waals surface area contributed by atoms with E-state index in [1.165, 1.54) is 0 Å². The molecule has 0 N–H and O–H groups in total. The molecule has 0 aliphatic carbocycles. The molecule has 0 unspecified atom stereocenters. The fraction of sp³-hybridized carbons (Fsp3) is 0.250. The van der Waals surface area contributed by atoms with Crippen molar-refractivity contribution in [2.45, 2.75) is 6.92 Å². The number of ether oxygens (including phenoxy) is 2. The smallest absolute Gasteiger partial charge is 0.231 e. The molecule has 1 aliphatic heterocycles. The molecule has 0 bridgehead atoms. The van der Waals surface area contributed by atoms with E-state index < -0.39 is 0 Å². The van der Waals surface area contributed by atoms with Gasteiger partial charge < -0.3 is 14.0 Å². The van der Waals surface area contributed by atoms with Crippen LogP contribution < -0.4 is 9.47 Å². The summed E-state index contributed by atoms with van der Waals surface area (Å²) in [6.07, 6.45) is 0.877. The van der Waals surface area contributed by atoms with E-state index in [9.17, 15) is 4.79 Å². The van der Waals surface area contributed by atoms with Crippen LogP contribution in [0.5, 0.6) is 11.5 Å². The molecule has 0 atom stereocenters. The Hall–Kier alpha value is -1.97. The summed E-state index contributed by atoms with van der Waals surface area (Å²) in [4.78, 5) is 11.0. The standard InChI is InChI=1S/C12H11NO3/c1-7-8-3-11-12(16-6-15-11)4-9(8)13(2)10(7)5-14/h3-5H,6H2,1-2H3. The molecule has 2 aromatic rings. The van der Waals surface area contributed by atoms with Gasteiger partial charge in [-0.2, -0.15) is 0 Å². The van der Waals surface area contributed by atoms with Crippen LogP contribution in [0.3, 0.4) is 0 Å². The molecule has 2 heterocycles. The number of carbonyl (C=O) groups is 1. The molecule has 0 saturated heterocycles. The van der Waals surface area contributed by atoms with Crippen molar-refractivity contribution in [3.05, 3.63) is 23.4 Å². The Morgan fingerprint density at radius 2 is 2.00 bits per heavy atom. The van der Waals surface area contributed by atoms with E-state index in [-0.39, 0.29) is 6.79 Å². The molecule has 16 heavy (non-hydrogen) atoms. The minimum absolute atomic E-state index is 0.269. The second-order valence-corrected chi connectivity index (χ2v) is 3.91. The van der Waals surface area contributed by atoms with Crippen LogP contribution in [-0.4, -0.2) is 17.6 Å². The largest absolute Gasteiger partial charge is 0.454 e. The van der Waals surface area contributed by atoms with Crippen LogP contribution in [0.15, 0.2) is 12.1 Å². The number of carbonyl (C=O) groups excluding carboxylic acids is 1. The molecule has 4 nitrogen and oxygen atoms in total. The first-order valence-corrected chi connectivity index (χ1v) is 5.06. The summed E-state index contributed by atoms with van der Waals surface area (Å²) < 4.78 is 12.5. The highest BCUT2D eigenvalue weighted by Crippen LogP contribution is 2.38. The van der Waals surface area contributed by atoms with E-state index in [2.05, 4.69) is 0 Å². The van der Waals surface area contributed by atoms with Crippen molar-refractivity contribution >= 4 is 17.2 Å². The fourth-order valence-electron chi connectivity index (χ4n) is 2.20. The number of aromatic nitrogens is 1. The van der Waals surface area contributed by atoms with Crippen molar-refractivity contribution in [1.29, 1.82) is 0 Å². The molecule has 0 saturated carbocycles. The second kappa shape index (κ2) is 3.01. The molecule has 82 valence electrons. The lowest BCUT2D eigenvalue weighted by atomic mass is 10.1. The third-order valence-corrected chi connectivity index (χ3v) is 3.11. The predicted molar refractivity (Wildman–Crippen MR) is 59.2 cm³/mol. The predicted octanol–water partition coefficient (Wildman–Crippen LogP) is 2.03. The topological polar surface area (TPSA) is 40.5 Å². The summed E-state index contributed by atoms with van der Waals surface area (Å²) in [6, 6.07) is 3.84. The Morgan fingerprint density at radius 3 is 2.69 bits per heavy atom. The van der Waals surface area contributed by atoms with E-state index in [1.807, 2.05) is 30.7 Å². The summed E-state index contributed by atoms with van der Waals surface area (Å²) >= 11 is 0.